The Morgan fingerprint density at radius 1 is 1.07 bits per heavy atom. The van der Waals surface area contributed by atoms with Gasteiger partial charge >= 0.3 is 16.3 Å². The van der Waals surface area contributed by atoms with Crippen molar-refractivity contribution in [1.29, 1.82) is 0 Å². The monoisotopic (exact) mass is 631 g/mol. The number of anilines is 1. The number of hydrogen-bond acceptors (Lipinski definition) is 7. The summed E-state index contributed by atoms with van der Waals surface area (Å²) in [5, 5.41) is 5.52. The average molecular weight is 632 g/mol. The zero-order valence-corrected chi connectivity index (χ0v) is 26.8. The van der Waals surface area contributed by atoms with Gasteiger partial charge in [0.25, 0.3) is 5.91 Å². The zero-order chi connectivity index (χ0) is 32.1. The van der Waals surface area contributed by atoms with Crippen LogP contribution in [0.1, 0.15) is 84.6 Å². The molecule has 0 bridgehead atoms. The van der Waals surface area contributed by atoms with E-state index in [0.717, 1.165) is 24.8 Å². The molecular formula is C31H45N5O7S. The van der Waals surface area contributed by atoms with E-state index in [-0.39, 0.29) is 12.3 Å². The van der Waals surface area contributed by atoms with Crippen LogP contribution >= 0.6 is 0 Å². The second-order valence-corrected chi connectivity index (χ2v) is 14.2. The maximum Gasteiger partial charge on any atom is 0.408 e. The number of ether oxygens (including phenoxy) is 1. The van der Waals surface area contributed by atoms with Crippen molar-refractivity contribution in [3.63, 3.8) is 0 Å². The summed E-state index contributed by atoms with van der Waals surface area (Å²) < 4.78 is 35.7. The van der Waals surface area contributed by atoms with Crippen LogP contribution in [0.4, 0.5) is 10.5 Å². The molecule has 0 radical (unpaired) electrons. The normalized spacial score (nSPS) is 26.3. The standard InChI is InChI=1S/C31H45N5O7S/c1-5-21-15-17-23(18-16-21)34-44(41,42)35-28(39)31-20-22(31)12-9-7-6-8-10-13-24(32-29(40)43-30(2,3)4)27(38)36-19-11-14-25(36)26(37)33-31/h9,12,15-18,22,24-25,34H,5-8,10-11,13-14,19-20H2,1-4H3,(H,32,40)(H,33,37)(H,35,39)/t22-,24+,25+,31-/m1/s1. The highest BCUT2D eigenvalue weighted by molar-refractivity contribution is 7.91. The zero-order valence-electron chi connectivity index (χ0n) is 26.0. The number of nitrogens with zero attached hydrogens (tertiary/aromatic N) is 1. The first-order chi connectivity index (χ1) is 20.7. The highest BCUT2D eigenvalue weighted by Crippen LogP contribution is 2.45. The minimum atomic E-state index is -4.30. The predicted molar refractivity (Wildman–Crippen MR) is 166 cm³/mol. The molecule has 1 saturated heterocycles. The first-order valence-electron chi connectivity index (χ1n) is 15.5. The molecule has 2 aliphatic heterocycles. The quantitative estimate of drug-likeness (QED) is 0.350. The van der Waals surface area contributed by atoms with Crippen molar-refractivity contribution in [1.82, 2.24) is 20.3 Å². The number of hydrogen-bond donors (Lipinski definition) is 4. The van der Waals surface area contributed by atoms with Crippen LogP contribution in [-0.4, -0.2) is 66.9 Å². The van der Waals surface area contributed by atoms with Gasteiger partial charge in [0.05, 0.1) is 5.69 Å². The minimum Gasteiger partial charge on any atom is -0.444 e. The summed E-state index contributed by atoms with van der Waals surface area (Å²) in [7, 11) is -4.30. The maximum atomic E-state index is 13.7. The molecule has 4 rings (SSSR count). The van der Waals surface area contributed by atoms with Crippen LogP contribution in [0.2, 0.25) is 0 Å². The topological polar surface area (TPSA) is 163 Å². The van der Waals surface area contributed by atoms with Crippen molar-refractivity contribution in [3.8, 4) is 0 Å². The lowest BCUT2D eigenvalue weighted by Gasteiger charge is -2.30. The van der Waals surface area contributed by atoms with Gasteiger partial charge in [-0.2, -0.15) is 8.42 Å². The van der Waals surface area contributed by atoms with Gasteiger partial charge in [-0.25, -0.2) is 9.52 Å². The van der Waals surface area contributed by atoms with Crippen molar-refractivity contribution < 1.29 is 32.3 Å². The molecule has 4 atom stereocenters. The number of allylic oxidation sites excluding steroid dienone is 1. The highest BCUT2D eigenvalue weighted by atomic mass is 32.2. The fourth-order valence-electron chi connectivity index (χ4n) is 5.75. The van der Waals surface area contributed by atoms with Gasteiger partial charge in [-0.05, 0) is 83.4 Å². The van der Waals surface area contributed by atoms with Gasteiger partial charge in [-0.3, -0.25) is 19.1 Å². The van der Waals surface area contributed by atoms with Crippen molar-refractivity contribution in [2.45, 2.75) is 109 Å². The van der Waals surface area contributed by atoms with Crippen LogP contribution in [0.15, 0.2) is 36.4 Å². The molecule has 0 spiro atoms. The van der Waals surface area contributed by atoms with Gasteiger partial charge < -0.3 is 20.3 Å². The van der Waals surface area contributed by atoms with Crippen molar-refractivity contribution in [2.24, 2.45) is 5.92 Å². The number of carbonyl (C=O) groups excluding carboxylic acids is 4. The molecule has 4 amide bonds. The molecule has 1 aromatic carbocycles. The number of amides is 4. The number of carbonyl (C=O) groups is 4. The molecule has 4 N–H and O–H groups in total. The molecule has 44 heavy (non-hydrogen) atoms. The van der Waals surface area contributed by atoms with E-state index in [1.54, 1.807) is 45.0 Å². The first-order valence-corrected chi connectivity index (χ1v) is 16.9. The van der Waals surface area contributed by atoms with E-state index in [2.05, 4.69) is 20.1 Å². The van der Waals surface area contributed by atoms with E-state index in [1.165, 1.54) is 4.90 Å². The third-order valence-corrected chi connectivity index (χ3v) is 9.13. The molecule has 12 nitrogen and oxygen atoms in total. The van der Waals surface area contributed by atoms with Crippen LogP contribution in [0.5, 0.6) is 0 Å². The van der Waals surface area contributed by atoms with Gasteiger partial charge in [0.1, 0.15) is 23.2 Å². The van der Waals surface area contributed by atoms with Gasteiger partial charge in [-0.1, -0.05) is 44.1 Å². The second kappa shape index (κ2) is 13.6. The number of nitrogens with one attached hydrogen (secondary N) is 4. The predicted octanol–water partition coefficient (Wildman–Crippen LogP) is 3.30. The molecule has 13 heteroatoms. The Morgan fingerprint density at radius 2 is 1.80 bits per heavy atom. The second-order valence-electron chi connectivity index (χ2n) is 12.8. The molecule has 1 aromatic rings. The molecule has 242 valence electrons. The van der Waals surface area contributed by atoms with Crippen LogP contribution in [-0.2, 0) is 35.8 Å². The van der Waals surface area contributed by atoms with Crippen LogP contribution in [0.3, 0.4) is 0 Å². The minimum absolute atomic E-state index is 0.227. The molecule has 1 saturated carbocycles. The fraction of sp³-hybridized carbons (Fsp3) is 0.613. The molecule has 2 heterocycles. The Labute approximate surface area is 259 Å². The smallest absolute Gasteiger partial charge is 0.408 e. The Kier molecular flexibility index (Phi) is 10.3. The third kappa shape index (κ3) is 8.52. The Balaban J connectivity index is 1.52. The summed E-state index contributed by atoms with van der Waals surface area (Å²) >= 11 is 0. The average Bonchev–Trinajstić information content (AvgIpc) is 3.40. The molecule has 0 unspecified atom stereocenters. The van der Waals surface area contributed by atoms with E-state index in [4.69, 9.17) is 4.74 Å². The Morgan fingerprint density at radius 3 is 2.48 bits per heavy atom. The number of aryl methyl sites for hydroxylation is 1. The largest absolute Gasteiger partial charge is 0.444 e. The Hall–Kier alpha value is -3.61. The SMILES string of the molecule is CCc1ccc(NS(=O)(=O)NC(=O)[C@@]23C[C@H]2C=CCCCCC[C@H](NC(=O)OC(C)(C)C)C(=O)N2CCC[C@H]2C(=O)N3)cc1. The summed E-state index contributed by atoms with van der Waals surface area (Å²) in [5.41, 5.74) is -0.880. The molecule has 2 fully saturated rings. The summed E-state index contributed by atoms with van der Waals surface area (Å²) in [6.45, 7) is 7.52. The van der Waals surface area contributed by atoms with Crippen LogP contribution in [0, 0.1) is 5.92 Å². The van der Waals surface area contributed by atoms with Crippen LogP contribution < -0.4 is 20.1 Å². The highest BCUT2D eigenvalue weighted by Gasteiger charge is 2.61. The Bertz CT molecular complexity index is 1370. The lowest BCUT2D eigenvalue weighted by Crippen LogP contribution is -2.58. The van der Waals surface area contributed by atoms with Crippen molar-refractivity contribution in [2.75, 3.05) is 11.3 Å². The van der Waals surface area contributed by atoms with E-state index in [0.29, 0.717) is 44.3 Å². The number of alkyl carbamates (subject to hydrolysis) is 1. The van der Waals surface area contributed by atoms with E-state index >= 15 is 0 Å². The van der Waals surface area contributed by atoms with E-state index in [9.17, 15) is 27.6 Å². The van der Waals surface area contributed by atoms with E-state index in [1.807, 2.05) is 19.1 Å². The summed E-state index contributed by atoms with van der Waals surface area (Å²) in [4.78, 5) is 55.0. The summed E-state index contributed by atoms with van der Waals surface area (Å²) in [6, 6.07) is 5.09. The molecule has 1 aliphatic carbocycles. The fourth-order valence-corrected chi connectivity index (χ4v) is 6.67. The third-order valence-electron chi connectivity index (χ3n) is 8.17. The number of rotatable bonds is 6. The van der Waals surface area contributed by atoms with Gasteiger partial charge in [0.2, 0.25) is 11.8 Å². The van der Waals surface area contributed by atoms with Crippen molar-refractivity contribution >= 4 is 39.7 Å². The first kappa shape index (κ1) is 33.3. The van der Waals surface area contributed by atoms with Gasteiger partial charge in [0, 0.05) is 12.5 Å². The van der Waals surface area contributed by atoms with Gasteiger partial charge in [0.15, 0.2) is 0 Å². The lowest BCUT2D eigenvalue weighted by atomic mass is 10.0. The lowest BCUT2D eigenvalue weighted by molar-refractivity contribution is -0.141. The summed E-state index contributed by atoms with van der Waals surface area (Å²) in [6.07, 6.45) is 8.49. The molecule has 3 aliphatic rings. The summed E-state index contributed by atoms with van der Waals surface area (Å²) in [5.74, 6) is -2.16. The van der Waals surface area contributed by atoms with Crippen LogP contribution in [0.25, 0.3) is 0 Å². The number of fused-ring (bicyclic) bond motifs is 2. The number of benzene rings is 1. The molecular weight excluding hydrogens is 586 g/mol. The van der Waals surface area contributed by atoms with Gasteiger partial charge in [-0.15, -0.1) is 0 Å². The van der Waals surface area contributed by atoms with E-state index < -0.39 is 57.3 Å². The van der Waals surface area contributed by atoms with Crippen molar-refractivity contribution in [3.05, 3.63) is 42.0 Å². The maximum absolute atomic E-state index is 13.7. The molecule has 0 aromatic heterocycles.